The van der Waals surface area contributed by atoms with Gasteiger partial charge in [0.15, 0.2) is 11.5 Å². The average Bonchev–Trinajstić information content (AvgIpc) is 2.70. The summed E-state index contributed by atoms with van der Waals surface area (Å²) < 4.78 is 37.9. The molecule has 2 aromatic carbocycles. The predicted octanol–water partition coefficient (Wildman–Crippen LogP) is 3.73. The van der Waals surface area contributed by atoms with Crippen molar-refractivity contribution in [2.75, 3.05) is 25.6 Å². The molecule has 0 atom stereocenters. The molecule has 0 fully saturated rings. The molecule has 0 radical (unpaired) electrons. The zero-order valence-corrected chi connectivity index (χ0v) is 18.1. The van der Waals surface area contributed by atoms with Crippen molar-refractivity contribution < 1.29 is 22.7 Å². The van der Waals surface area contributed by atoms with E-state index < -0.39 is 10.0 Å². The first-order chi connectivity index (χ1) is 13.8. The molecule has 8 heteroatoms. The first-order valence-electron chi connectivity index (χ1n) is 9.57. The van der Waals surface area contributed by atoms with Gasteiger partial charge in [-0.3, -0.25) is 4.79 Å². The fourth-order valence-corrected chi connectivity index (χ4v) is 3.64. The summed E-state index contributed by atoms with van der Waals surface area (Å²) in [5.41, 5.74) is 1.36. The number of hydrogen-bond acceptors (Lipinski definition) is 5. The lowest BCUT2D eigenvalue weighted by Gasteiger charge is -2.14. The van der Waals surface area contributed by atoms with Crippen molar-refractivity contribution in [2.24, 2.45) is 0 Å². The molecule has 29 heavy (non-hydrogen) atoms. The van der Waals surface area contributed by atoms with Gasteiger partial charge in [0.2, 0.25) is 10.0 Å². The number of aryl methyl sites for hydroxylation is 1. The summed E-state index contributed by atoms with van der Waals surface area (Å²) in [6.07, 6.45) is 1.95. The third kappa shape index (κ3) is 5.95. The average molecular weight is 421 g/mol. The highest BCUT2D eigenvalue weighted by Gasteiger charge is 2.17. The Morgan fingerprint density at radius 2 is 1.79 bits per heavy atom. The number of ether oxygens (including phenoxy) is 2. The first-order valence-corrected chi connectivity index (χ1v) is 11.1. The number of benzene rings is 2. The van der Waals surface area contributed by atoms with Crippen molar-refractivity contribution >= 4 is 21.6 Å². The second-order valence-corrected chi connectivity index (χ2v) is 8.29. The summed E-state index contributed by atoms with van der Waals surface area (Å²) in [6, 6.07) is 9.73. The smallest absolute Gasteiger partial charge is 0.255 e. The van der Waals surface area contributed by atoms with Crippen LogP contribution in [0, 0.1) is 6.92 Å². The Hall–Kier alpha value is -2.58. The summed E-state index contributed by atoms with van der Waals surface area (Å²) >= 11 is 0. The predicted molar refractivity (Wildman–Crippen MR) is 113 cm³/mol. The number of anilines is 1. The van der Waals surface area contributed by atoms with E-state index in [9.17, 15) is 13.2 Å². The van der Waals surface area contributed by atoms with Crippen molar-refractivity contribution in [3.63, 3.8) is 0 Å². The van der Waals surface area contributed by atoms with Gasteiger partial charge in [0, 0.05) is 11.3 Å². The molecule has 0 aliphatic carbocycles. The van der Waals surface area contributed by atoms with Crippen molar-refractivity contribution in [1.29, 1.82) is 0 Å². The number of nitrogens with one attached hydrogen (secondary N) is 2. The van der Waals surface area contributed by atoms with Crippen LogP contribution >= 0.6 is 0 Å². The van der Waals surface area contributed by atoms with Crippen LogP contribution in [-0.4, -0.2) is 34.6 Å². The maximum atomic E-state index is 12.7. The lowest BCUT2D eigenvalue weighted by Crippen LogP contribution is -2.20. The number of amides is 1. The first kappa shape index (κ1) is 22.7. The van der Waals surface area contributed by atoms with E-state index in [-0.39, 0.29) is 10.8 Å². The number of carbonyl (C=O) groups is 1. The third-order valence-corrected chi connectivity index (χ3v) is 5.82. The fraction of sp³-hybridized carbons (Fsp3) is 0.381. The Morgan fingerprint density at radius 1 is 1.03 bits per heavy atom. The second-order valence-electron chi connectivity index (χ2n) is 6.44. The minimum absolute atomic E-state index is 0.118. The number of carbonyl (C=O) groups excluding carboxylic acids is 1. The van der Waals surface area contributed by atoms with Gasteiger partial charge in [-0.1, -0.05) is 19.4 Å². The molecule has 1 amide bonds. The molecule has 0 saturated heterocycles. The largest absolute Gasteiger partial charge is 0.490 e. The van der Waals surface area contributed by atoms with Crippen LogP contribution in [0.25, 0.3) is 0 Å². The molecule has 0 aliphatic heterocycles. The molecule has 0 unspecified atom stereocenters. The quantitative estimate of drug-likeness (QED) is 0.571. The van der Waals surface area contributed by atoms with Crippen LogP contribution in [0.3, 0.4) is 0 Å². The molecule has 0 saturated carbocycles. The summed E-state index contributed by atoms with van der Waals surface area (Å²) in [7, 11) is -2.27. The molecular weight excluding hydrogens is 392 g/mol. The van der Waals surface area contributed by atoms with Gasteiger partial charge in [-0.2, -0.15) is 0 Å². The van der Waals surface area contributed by atoms with Gasteiger partial charge >= 0.3 is 0 Å². The molecule has 0 heterocycles. The zero-order chi connectivity index (χ0) is 21.4. The van der Waals surface area contributed by atoms with Crippen molar-refractivity contribution in [3.8, 4) is 11.5 Å². The van der Waals surface area contributed by atoms with E-state index in [0.29, 0.717) is 41.5 Å². The molecule has 7 nitrogen and oxygen atoms in total. The highest BCUT2D eigenvalue weighted by Crippen LogP contribution is 2.29. The lowest BCUT2D eigenvalue weighted by atomic mass is 10.1. The third-order valence-electron chi connectivity index (χ3n) is 4.27. The standard InChI is InChI=1S/C21H28N2O5S/c1-5-7-12-28-18-11-9-16(13-19(18)27-6-2)21(24)23-17-10-8-15(3)20(14-17)29(25,26)22-4/h8-11,13-14,22H,5-7,12H2,1-4H3,(H,23,24). The van der Waals surface area contributed by atoms with E-state index in [1.165, 1.54) is 13.1 Å². The Balaban J connectivity index is 2.24. The van der Waals surface area contributed by atoms with Crippen LogP contribution in [0.1, 0.15) is 42.6 Å². The molecule has 2 rings (SSSR count). The number of hydrogen-bond donors (Lipinski definition) is 2. The van der Waals surface area contributed by atoms with Crippen molar-refractivity contribution in [2.45, 2.75) is 38.5 Å². The van der Waals surface area contributed by atoms with Crippen LogP contribution in [-0.2, 0) is 10.0 Å². The van der Waals surface area contributed by atoms with Crippen LogP contribution in [0.15, 0.2) is 41.3 Å². The van der Waals surface area contributed by atoms with Crippen LogP contribution in [0.2, 0.25) is 0 Å². The van der Waals surface area contributed by atoms with E-state index in [1.54, 1.807) is 37.3 Å². The SMILES string of the molecule is CCCCOc1ccc(C(=O)Nc2ccc(C)c(S(=O)(=O)NC)c2)cc1OCC. The van der Waals surface area contributed by atoms with E-state index in [4.69, 9.17) is 9.47 Å². The van der Waals surface area contributed by atoms with Crippen LogP contribution in [0.4, 0.5) is 5.69 Å². The summed E-state index contributed by atoms with van der Waals surface area (Å²) in [4.78, 5) is 12.8. The van der Waals surface area contributed by atoms with Gasteiger partial charge in [-0.25, -0.2) is 13.1 Å². The van der Waals surface area contributed by atoms with Gasteiger partial charge in [-0.05, 0) is 63.2 Å². The normalized spacial score (nSPS) is 11.2. The summed E-state index contributed by atoms with van der Waals surface area (Å²) in [5, 5.41) is 2.74. The van der Waals surface area contributed by atoms with Crippen LogP contribution in [0.5, 0.6) is 11.5 Å². The highest BCUT2D eigenvalue weighted by molar-refractivity contribution is 7.89. The molecule has 0 spiro atoms. The van der Waals surface area contributed by atoms with Gasteiger partial charge < -0.3 is 14.8 Å². The van der Waals surface area contributed by atoms with Gasteiger partial charge in [-0.15, -0.1) is 0 Å². The van der Waals surface area contributed by atoms with Gasteiger partial charge in [0.25, 0.3) is 5.91 Å². The van der Waals surface area contributed by atoms with Gasteiger partial charge in [0.05, 0.1) is 18.1 Å². The van der Waals surface area contributed by atoms with Crippen molar-refractivity contribution in [1.82, 2.24) is 4.72 Å². The molecule has 2 aromatic rings. The molecule has 0 bridgehead atoms. The lowest BCUT2D eigenvalue weighted by molar-refractivity contribution is 0.102. The minimum Gasteiger partial charge on any atom is -0.490 e. The Bertz CT molecular complexity index is 958. The second kappa shape index (κ2) is 10.3. The molecule has 2 N–H and O–H groups in total. The monoisotopic (exact) mass is 420 g/mol. The summed E-state index contributed by atoms with van der Waals surface area (Å²) in [6.45, 7) is 6.66. The maximum Gasteiger partial charge on any atom is 0.255 e. The zero-order valence-electron chi connectivity index (χ0n) is 17.2. The number of sulfonamides is 1. The summed E-state index contributed by atoms with van der Waals surface area (Å²) in [5.74, 6) is 0.718. The maximum absolute atomic E-state index is 12.7. The van der Waals surface area contributed by atoms with E-state index in [0.717, 1.165) is 12.8 Å². The highest BCUT2D eigenvalue weighted by atomic mass is 32.2. The Kier molecular flexibility index (Phi) is 8.04. The van der Waals surface area contributed by atoms with E-state index in [2.05, 4.69) is 17.0 Å². The minimum atomic E-state index is -3.62. The number of rotatable bonds is 10. The number of unbranched alkanes of at least 4 members (excludes halogenated alkanes) is 1. The fourth-order valence-electron chi connectivity index (χ4n) is 2.64. The van der Waals surface area contributed by atoms with E-state index >= 15 is 0 Å². The Morgan fingerprint density at radius 3 is 2.45 bits per heavy atom. The molecular formula is C21H28N2O5S. The molecule has 0 aromatic heterocycles. The van der Waals surface area contributed by atoms with Crippen molar-refractivity contribution in [3.05, 3.63) is 47.5 Å². The Labute approximate surface area is 172 Å². The van der Waals surface area contributed by atoms with Gasteiger partial charge in [0.1, 0.15) is 0 Å². The molecule has 0 aliphatic rings. The van der Waals surface area contributed by atoms with E-state index in [1.807, 2.05) is 6.92 Å². The molecule has 158 valence electrons. The van der Waals surface area contributed by atoms with Crippen LogP contribution < -0.4 is 19.5 Å². The topological polar surface area (TPSA) is 93.7 Å².